The molecule has 0 saturated carbocycles. The van der Waals surface area contributed by atoms with Crippen molar-refractivity contribution in [3.63, 3.8) is 0 Å². The van der Waals surface area contributed by atoms with E-state index in [0.29, 0.717) is 17.2 Å². The Morgan fingerprint density at radius 3 is 2.89 bits per heavy atom. The molecular formula is C10H12N4O2S2. The number of nitrogens with one attached hydrogen (secondary N) is 1. The van der Waals surface area contributed by atoms with E-state index in [1.165, 1.54) is 6.07 Å². The maximum absolute atomic E-state index is 11.9. The van der Waals surface area contributed by atoms with Gasteiger partial charge in [-0.2, -0.15) is 0 Å². The standard InChI is InChI=1S/C10H12N4O2S2/c1-7-12-3-2-9(14-7)5-13-18(15,16)10-4-8(11)6-17-10/h2-4,6,13H,5,11H2,1H3. The highest BCUT2D eigenvalue weighted by Gasteiger charge is 2.16. The molecule has 0 amide bonds. The van der Waals surface area contributed by atoms with Crippen molar-refractivity contribution in [2.24, 2.45) is 0 Å². The number of sulfonamides is 1. The largest absolute Gasteiger partial charge is 0.398 e. The SMILES string of the molecule is Cc1nccc(CNS(=O)(=O)c2cc(N)cs2)n1. The molecule has 2 aromatic rings. The van der Waals surface area contributed by atoms with Crippen LogP contribution in [0.1, 0.15) is 11.5 Å². The molecule has 6 nitrogen and oxygen atoms in total. The number of hydrogen-bond donors (Lipinski definition) is 2. The second-order valence-electron chi connectivity index (χ2n) is 3.62. The van der Waals surface area contributed by atoms with Crippen LogP contribution in [0.15, 0.2) is 27.9 Å². The van der Waals surface area contributed by atoms with E-state index in [1.54, 1.807) is 24.6 Å². The molecule has 0 aromatic carbocycles. The second-order valence-corrected chi connectivity index (χ2v) is 6.52. The number of nitrogen functional groups attached to an aromatic ring is 1. The molecule has 3 N–H and O–H groups in total. The number of thiophene rings is 1. The average Bonchev–Trinajstić information content (AvgIpc) is 2.74. The topological polar surface area (TPSA) is 98.0 Å². The second kappa shape index (κ2) is 5.01. The third-order valence-electron chi connectivity index (χ3n) is 2.14. The van der Waals surface area contributed by atoms with E-state index < -0.39 is 10.0 Å². The minimum atomic E-state index is -3.52. The van der Waals surface area contributed by atoms with Crippen LogP contribution in [0.2, 0.25) is 0 Å². The summed E-state index contributed by atoms with van der Waals surface area (Å²) in [6, 6.07) is 3.09. The summed E-state index contributed by atoms with van der Waals surface area (Å²) in [6.45, 7) is 1.88. The Morgan fingerprint density at radius 1 is 1.50 bits per heavy atom. The summed E-state index contributed by atoms with van der Waals surface area (Å²) in [4.78, 5) is 8.06. The summed E-state index contributed by atoms with van der Waals surface area (Å²) >= 11 is 1.09. The van der Waals surface area contributed by atoms with Gasteiger partial charge in [0.15, 0.2) is 0 Å². The van der Waals surface area contributed by atoms with Crippen molar-refractivity contribution in [1.82, 2.24) is 14.7 Å². The van der Waals surface area contributed by atoms with Gasteiger partial charge in [-0.15, -0.1) is 11.3 Å². The van der Waals surface area contributed by atoms with Crippen LogP contribution in [0.4, 0.5) is 5.69 Å². The number of nitrogens with zero attached hydrogens (tertiary/aromatic N) is 2. The summed E-state index contributed by atoms with van der Waals surface area (Å²) in [5, 5.41) is 1.59. The van der Waals surface area contributed by atoms with E-state index in [0.717, 1.165) is 11.3 Å². The van der Waals surface area contributed by atoms with Gasteiger partial charge in [-0.1, -0.05) is 0 Å². The van der Waals surface area contributed by atoms with Gasteiger partial charge in [0.2, 0.25) is 10.0 Å². The predicted molar refractivity (Wildman–Crippen MR) is 69.5 cm³/mol. The van der Waals surface area contributed by atoms with Crippen LogP contribution in [0, 0.1) is 6.92 Å². The van der Waals surface area contributed by atoms with Crippen molar-refractivity contribution in [2.45, 2.75) is 17.7 Å². The lowest BCUT2D eigenvalue weighted by molar-refractivity contribution is 0.582. The number of hydrogen-bond acceptors (Lipinski definition) is 6. The molecule has 2 aromatic heterocycles. The van der Waals surface area contributed by atoms with Crippen LogP contribution in [0.25, 0.3) is 0 Å². The Labute approximate surface area is 109 Å². The molecule has 0 saturated heterocycles. The number of anilines is 1. The smallest absolute Gasteiger partial charge is 0.250 e. The van der Waals surface area contributed by atoms with Gasteiger partial charge in [0, 0.05) is 17.3 Å². The summed E-state index contributed by atoms with van der Waals surface area (Å²) in [6.07, 6.45) is 1.59. The molecule has 96 valence electrons. The van der Waals surface area contributed by atoms with Gasteiger partial charge in [0.05, 0.1) is 12.2 Å². The molecule has 18 heavy (non-hydrogen) atoms. The fraction of sp³-hybridized carbons (Fsp3) is 0.200. The number of rotatable bonds is 4. The van der Waals surface area contributed by atoms with E-state index in [2.05, 4.69) is 14.7 Å². The first kappa shape index (κ1) is 12.9. The summed E-state index contributed by atoms with van der Waals surface area (Å²) < 4.78 is 26.5. The zero-order chi connectivity index (χ0) is 13.2. The molecule has 0 bridgehead atoms. The van der Waals surface area contributed by atoms with Gasteiger partial charge in [-0.05, 0) is 19.1 Å². The van der Waals surface area contributed by atoms with Crippen LogP contribution in [0.3, 0.4) is 0 Å². The van der Waals surface area contributed by atoms with E-state index in [9.17, 15) is 8.42 Å². The van der Waals surface area contributed by atoms with Crippen LogP contribution >= 0.6 is 11.3 Å². The van der Waals surface area contributed by atoms with Crippen LogP contribution in [-0.4, -0.2) is 18.4 Å². The normalized spacial score (nSPS) is 11.6. The lowest BCUT2D eigenvalue weighted by atomic mass is 10.4. The molecule has 0 spiro atoms. The van der Waals surface area contributed by atoms with Gasteiger partial charge in [-0.25, -0.2) is 23.1 Å². The van der Waals surface area contributed by atoms with Gasteiger partial charge < -0.3 is 5.73 Å². The Kier molecular flexibility index (Phi) is 3.60. The summed E-state index contributed by atoms with van der Waals surface area (Å²) in [5.41, 5.74) is 6.56. The Balaban J connectivity index is 2.10. The highest BCUT2D eigenvalue weighted by Crippen LogP contribution is 2.21. The van der Waals surface area contributed by atoms with Crippen LogP contribution in [0.5, 0.6) is 0 Å². The Hall–Kier alpha value is -1.51. The first-order chi connectivity index (χ1) is 8.47. The summed E-state index contributed by atoms with van der Waals surface area (Å²) in [5.74, 6) is 0.604. The Bertz CT molecular complexity index is 651. The molecule has 0 atom stereocenters. The summed E-state index contributed by atoms with van der Waals surface area (Å²) in [7, 11) is -3.52. The number of nitrogens with two attached hydrogens (primary N) is 1. The molecular weight excluding hydrogens is 272 g/mol. The minimum absolute atomic E-state index is 0.128. The van der Waals surface area contributed by atoms with Gasteiger partial charge in [-0.3, -0.25) is 0 Å². The number of aryl methyl sites for hydroxylation is 1. The highest BCUT2D eigenvalue weighted by molar-refractivity contribution is 7.91. The van der Waals surface area contributed by atoms with Crippen molar-refractivity contribution in [3.8, 4) is 0 Å². The van der Waals surface area contributed by atoms with Crippen molar-refractivity contribution >= 4 is 27.0 Å². The molecule has 2 rings (SSSR count). The van der Waals surface area contributed by atoms with Gasteiger partial charge in [0.1, 0.15) is 10.0 Å². The molecule has 0 unspecified atom stereocenters. The van der Waals surface area contributed by atoms with Crippen molar-refractivity contribution in [1.29, 1.82) is 0 Å². The Morgan fingerprint density at radius 2 is 2.28 bits per heavy atom. The fourth-order valence-corrected chi connectivity index (χ4v) is 3.44. The maximum Gasteiger partial charge on any atom is 0.250 e. The zero-order valence-corrected chi connectivity index (χ0v) is 11.3. The van der Waals surface area contributed by atoms with E-state index >= 15 is 0 Å². The molecule has 0 fully saturated rings. The van der Waals surface area contributed by atoms with Crippen LogP contribution < -0.4 is 10.5 Å². The first-order valence-corrected chi connectivity index (χ1v) is 7.46. The highest BCUT2D eigenvalue weighted by atomic mass is 32.2. The van der Waals surface area contributed by atoms with Crippen LogP contribution in [-0.2, 0) is 16.6 Å². The molecule has 2 heterocycles. The number of aromatic nitrogens is 2. The third kappa shape index (κ3) is 3.03. The third-order valence-corrected chi connectivity index (χ3v) is 5.00. The quantitative estimate of drug-likeness (QED) is 0.869. The monoisotopic (exact) mass is 284 g/mol. The van der Waals surface area contributed by atoms with Gasteiger partial charge >= 0.3 is 0 Å². The maximum atomic E-state index is 11.9. The van der Waals surface area contributed by atoms with Crippen molar-refractivity contribution in [3.05, 3.63) is 35.2 Å². The van der Waals surface area contributed by atoms with Gasteiger partial charge in [0.25, 0.3) is 0 Å². The average molecular weight is 284 g/mol. The van der Waals surface area contributed by atoms with Crippen molar-refractivity contribution in [2.75, 3.05) is 5.73 Å². The first-order valence-electron chi connectivity index (χ1n) is 5.09. The minimum Gasteiger partial charge on any atom is -0.398 e. The zero-order valence-electron chi connectivity index (χ0n) is 9.62. The van der Waals surface area contributed by atoms with E-state index in [-0.39, 0.29) is 10.8 Å². The molecule has 0 aliphatic heterocycles. The predicted octanol–water partition coefficient (Wildman–Crippen LogP) is 0.907. The molecule has 0 aliphatic rings. The molecule has 0 radical (unpaired) electrons. The van der Waals surface area contributed by atoms with E-state index in [1.807, 2.05) is 0 Å². The fourth-order valence-electron chi connectivity index (χ4n) is 1.31. The molecule has 0 aliphatic carbocycles. The van der Waals surface area contributed by atoms with E-state index in [4.69, 9.17) is 5.73 Å². The molecule has 8 heteroatoms. The lowest BCUT2D eigenvalue weighted by Gasteiger charge is -2.04. The van der Waals surface area contributed by atoms with Crippen molar-refractivity contribution < 1.29 is 8.42 Å². The lowest BCUT2D eigenvalue weighted by Crippen LogP contribution is -2.23.